The molecule has 0 bridgehead atoms. The van der Waals surface area contributed by atoms with Crippen LogP contribution in [0.2, 0.25) is 0 Å². The third-order valence-corrected chi connectivity index (χ3v) is 4.53. The average molecular weight is 291 g/mol. The van der Waals surface area contributed by atoms with Crippen LogP contribution < -0.4 is 0 Å². The molecular weight excluding hydrogens is 266 g/mol. The van der Waals surface area contributed by atoms with Gasteiger partial charge in [-0.25, -0.2) is 4.79 Å². The fourth-order valence-corrected chi connectivity index (χ4v) is 3.22. The van der Waals surface area contributed by atoms with Gasteiger partial charge in [0.2, 0.25) is 0 Å². The summed E-state index contributed by atoms with van der Waals surface area (Å²) in [5.41, 5.74) is 1.34. The number of piperidine rings is 1. The van der Waals surface area contributed by atoms with Crippen molar-refractivity contribution in [3.63, 3.8) is 0 Å². The van der Waals surface area contributed by atoms with Crippen LogP contribution >= 0.6 is 0 Å². The van der Waals surface area contributed by atoms with Crippen molar-refractivity contribution in [2.24, 2.45) is 0 Å². The van der Waals surface area contributed by atoms with Crippen LogP contribution in [-0.4, -0.2) is 59.7 Å². The van der Waals surface area contributed by atoms with E-state index in [0.717, 1.165) is 32.2 Å². The van der Waals surface area contributed by atoms with Crippen molar-refractivity contribution in [3.05, 3.63) is 30.1 Å². The van der Waals surface area contributed by atoms with Gasteiger partial charge in [0, 0.05) is 30.9 Å². The highest BCUT2D eigenvalue weighted by Gasteiger charge is 2.37. The van der Waals surface area contributed by atoms with Crippen LogP contribution in [0.4, 0.5) is 4.79 Å². The quantitative estimate of drug-likeness (QED) is 0.905. The number of hydrogen-bond donors (Lipinski definition) is 1. The Bertz CT molecular complexity index is 454. The Morgan fingerprint density at radius 1 is 1.43 bits per heavy atom. The van der Waals surface area contributed by atoms with Crippen LogP contribution in [0.1, 0.15) is 31.2 Å². The zero-order valence-corrected chi connectivity index (χ0v) is 13.0. The Morgan fingerprint density at radius 3 is 2.67 bits per heavy atom. The molecule has 1 amide bonds. The molecule has 0 saturated carbocycles. The minimum atomic E-state index is -0.803. The molecule has 1 saturated heterocycles. The normalized spacial score (nSPS) is 18.0. The molecule has 0 aliphatic carbocycles. The standard InChI is InChI=1S/C16H25N3O2/c1-18(2)10-4-6-16(14-5-3-9-17-13-14)7-11-19(12-8-16)15(20)21/h3,5,9,13H,4,6-8,10-12H2,1-2H3,(H,20,21). The van der Waals surface area contributed by atoms with E-state index in [1.165, 1.54) is 10.5 Å². The summed E-state index contributed by atoms with van der Waals surface area (Å²) in [6.45, 7) is 2.29. The first-order chi connectivity index (χ1) is 10.0. The summed E-state index contributed by atoms with van der Waals surface area (Å²) in [6.07, 6.45) is 6.93. The molecule has 1 fully saturated rings. The van der Waals surface area contributed by atoms with E-state index < -0.39 is 6.09 Å². The summed E-state index contributed by atoms with van der Waals surface area (Å²) in [5, 5.41) is 9.13. The van der Waals surface area contributed by atoms with Crippen LogP contribution in [0.25, 0.3) is 0 Å². The Morgan fingerprint density at radius 2 is 2.14 bits per heavy atom. The van der Waals surface area contributed by atoms with E-state index in [4.69, 9.17) is 5.11 Å². The largest absolute Gasteiger partial charge is 0.465 e. The molecule has 1 aromatic heterocycles. The second kappa shape index (κ2) is 6.89. The molecule has 0 spiro atoms. The molecule has 1 aromatic rings. The smallest absolute Gasteiger partial charge is 0.407 e. The van der Waals surface area contributed by atoms with Crippen LogP contribution in [0.3, 0.4) is 0 Å². The van der Waals surface area contributed by atoms with Gasteiger partial charge >= 0.3 is 6.09 Å². The number of likely N-dealkylation sites (tertiary alicyclic amines) is 1. The van der Waals surface area contributed by atoms with Gasteiger partial charge in [-0.3, -0.25) is 4.98 Å². The van der Waals surface area contributed by atoms with E-state index in [1.54, 1.807) is 6.20 Å². The lowest BCUT2D eigenvalue weighted by Crippen LogP contribution is -2.45. The molecule has 2 heterocycles. The van der Waals surface area contributed by atoms with Crippen LogP contribution in [0, 0.1) is 0 Å². The van der Waals surface area contributed by atoms with Gasteiger partial charge in [0.05, 0.1) is 0 Å². The van der Waals surface area contributed by atoms with Crippen LogP contribution in [0.5, 0.6) is 0 Å². The molecule has 116 valence electrons. The molecule has 5 heteroatoms. The molecule has 0 radical (unpaired) electrons. The Kier molecular flexibility index (Phi) is 5.17. The third kappa shape index (κ3) is 3.94. The van der Waals surface area contributed by atoms with Gasteiger partial charge < -0.3 is 14.9 Å². The third-order valence-electron chi connectivity index (χ3n) is 4.53. The lowest BCUT2D eigenvalue weighted by atomic mass is 9.70. The van der Waals surface area contributed by atoms with Gasteiger partial charge in [0.15, 0.2) is 0 Å². The summed E-state index contributed by atoms with van der Waals surface area (Å²) in [7, 11) is 4.17. The maximum Gasteiger partial charge on any atom is 0.407 e. The predicted molar refractivity (Wildman–Crippen MR) is 82.5 cm³/mol. The average Bonchev–Trinajstić information content (AvgIpc) is 2.48. The molecule has 1 aliphatic rings. The zero-order chi connectivity index (χ0) is 15.3. The van der Waals surface area contributed by atoms with Gasteiger partial charge in [-0.2, -0.15) is 0 Å². The lowest BCUT2D eigenvalue weighted by molar-refractivity contribution is 0.112. The van der Waals surface area contributed by atoms with Crippen molar-refractivity contribution in [1.29, 1.82) is 0 Å². The van der Waals surface area contributed by atoms with E-state index in [1.807, 2.05) is 12.3 Å². The topological polar surface area (TPSA) is 56.7 Å². The molecule has 2 rings (SSSR count). The summed E-state index contributed by atoms with van der Waals surface area (Å²) >= 11 is 0. The molecule has 0 unspecified atom stereocenters. The van der Waals surface area contributed by atoms with Gasteiger partial charge in [-0.1, -0.05) is 6.07 Å². The van der Waals surface area contributed by atoms with Crippen molar-refractivity contribution in [2.45, 2.75) is 31.1 Å². The van der Waals surface area contributed by atoms with Gasteiger partial charge in [0.1, 0.15) is 0 Å². The van der Waals surface area contributed by atoms with Crippen LogP contribution in [0.15, 0.2) is 24.5 Å². The van der Waals surface area contributed by atoms with E-state index in [2.05, 4.69) is 30.0 Å². The van der Waals surface area contributed by atoms with Gasteiger partial charge in [0.25, 0.3) is 0 Å². The molecular formula is C16H25N3O2. The molecule has 21 heavy (non-hydrogen) atoms. The van der Waals surface area contributed by atoms with Crippen molar-refractivity contribution >= 4 is 6.09 Å². The lowest BCUT2D eigenvalue weighted by Gasteiger charge is -2.41. The van der Waals surface area contributed by atoms with Gasteiger partial charge in [-0.15, -0.1) is 0 Å². The first-order valence-corrected chi connectivity index (χ1v) is 7.57. The summed E-state index contributed by atoms with van der Waals surface area (Å²) in [4.78, 5) is 19.1. The monoisotopic (exact) mass is 291 g/mol. The van der Waals surface area contributed by atoms with E-state index in [-0.39, 0.29) is 5.41 Å². The maximum absolute atomic E-state index is 11.1. The minimum Gasteiger partial charge on any atom is -0.465 e. The number of carbonyl (C=O) groups is 1. The van der Waals surface area contributed by atoms with E-state index in [0.29, 0.717) is 13.1 Å². The minimum absolute atomic E-state index is 0.0796. The second-order valence-corrected chi connectivity index (χ2v) is 6.20. The van der Waals surface area contributed by atoms with Gasteiger partial charge in [-0.05, 0) is 58.0 Å². The number of aromatic nitrogens is 1. The number of amides is 1. The number of rotatable bonds is 5. The molecule has 1 aliphatic heterocycles. The van der Waals surface area contributed by atoms with E-state index >= 15 is 0 Å². The highest BCUT2D eigenvalue weighted by Crippen LogP contribution is 2.39. The predicted octanol–water partition coefficient (Wildman–Crippen LogP) is 2.44. The van der Waals surface area contributed by atoms with Crippen molar-refractivity contribution < 1.29 is 9.90 Å². The zero-order valence-electron chi connectivity index (χ0n) is 13.0. The fourth-order valence-electron chi connectivity index (χ4n) is 3.22. The molecule has 0 aromatic carbocycles. The first kappa shape index (κ1) is 15.8. The number of nitrogens with zero attached hydrogens (tertiary/aromatic N) is 3. The summed E-state index contributed by atoms with van der Waals surface area (Å²) < 4.78 is 0. The Labute approximate surface area is 126 Å². The SMILES string of the molecule is CN(C)CCCC1(c2cccnc2)CCN(C(=O)O)CC1. The molecule has 5 nitrogen and oxygen atoms in total. The number of pyridine rings is 1. The second-order valence-electron chi connectivity index (χ2n) is 6.20. The molecule has 1 N–H and O–H groups in total. The van der Waals surface area contributed by atoms with Crippen molar-refractivity contribution in [1.82, 2.24) is 14.8 Å². The Balaban J connectivity index is 2.10. The highest BCUT2D eigenvalue weighted by molar-refractivity contribution is 5.65. The van der Waals surface area contributed by atoms with Crippen molar-refractivity contribution in [2.75, 3.05) is 33.7 Å². The summed E-state index contributed by atoms with van der Waals surface area (Å²) in [6, 6.07) is 4.12. The van der Waals surface area contributed by atoms with E-state index in [9.17, 15) is 4.79 Å². The fraction of sp³-hybridized carbons (Fsp3) is 0.625. The summed E-state index contributed by atoms with van der Waals surface area (Å²) in [5.74, 6) is 0. The van der Waals surface area contributed by atoms with Crippen LogP contribution in [-0.2, 0) is 5.41 Å². The van der Waals surface area contributed by atoms with Crippen molar-refractivity contribution in [3.8, 4) is 0 Å². The number of hydrogen-bond acceptors (Lipinski definition) is 3. The molecule has 0 atom stereocenters. The first-order valence-electron chi connectivity index (χ1n) is 7.57. The highest BCUT2D eigenvalue weighted by atomic mass is 16.4. The number of carboxylic acid groups (broad SMARTS) is 1. The Hall–Kier alpha value is -1.62. The maximum atomic E-state index is 11.1.